The molecule has 4 aromatic rings. The van der Waals surface area contributed by atoms with Crippen LogP contribution in [0.4, 0.5) is 11.4 Å². The fourth-order valence-corrected chi connectivity index (χ4v) is 12.1. The molecule has 18 nitrogen and oxygen atoms in total. The zero-order valence-electron chi connectivity index (χ0n) is 39.3. The third-order valence-corrected chi connectivity index (χ3v) is 14.6. The van der Waals surface area contributed by atoms with E-state index in [4.69, 9.17) is 33.2 Å². The van der Waals surface area contributed by atoms with Crippen molar-refractivity contribution in [2.75, 3.05) is 49.2 Å². The second-order valence-corrected chi connectivity index (χ2v) is 19.0. The van der Waals surface area contributed by atoms with Crippen LogP contribution in [0.3, 0.4) is 0 Å². The van der Waals surface area contributed by atoms with E-state index >= 15 is 4.79 Å². The van der Waals surface area contributed by atoms with Crippen molar-refractivity contribution in [1.82, 2.24) is 19.9 Å². The Hall–Kier alpha value is -6.53. The normalized spacial score (nSPS) is 23.4. The minimum Gasteiger partial charge on any atom is -0.463 e. The van der Waals surface area contributed by atoms with E-state index in [1.807, 2.05) is 23.1 Å². The maximum absolute atomic E-state index is 15.3. The van der Waals surface area contributed by atoms with Crippen LogP contribution in [0.25, 0.3) is 0 Å². The fraction of sp³-hybridized carbons (Fsp3) is 0.510. The highest BCUT2D eigenvalue weighted by Gasteiger charge is 2.59. The van der Waals surface area contributed by atoms with E-state index in [9.17, 15) is 19.2 Å². The predicted octanol–water partition coefficient (Wildman–Crippen LogP) is 4.83. The van der Waals surface area contributed by atoms with Crippen LogP contribution in [0.2, 0.25) is 0 Å². The Bertz CT molecular complexity index is 2690. The average molecular weight is 945 g/mol. The van der Waals surface area contributed by atoms with Crippen LogP contribution in [0.5, 0.6) is 11.5 Å². The number of fused-ring (bicyclic) bond motifs is 8. The summed E-state index contributed by atoms with van der Waals surface area (Å²) in [5, 5.41) is 9.10. The third-order valence-electron chi connectivity index (χ3n) is 14.6. The molecule has 0 bridgehead atoms. The SMILES string of the molecule is CC(=O)OCC1O[C@H](OCCc2cn(CN3C(=O)c4ccccc4C34c3cc5c6c(c3Oc3c4cc4c7c3CCCN7CCC4)CCCN6CCC5)nn2)C(OC(C)=O)[C@H](OC(C)=O)[C@H]1OC(C)=O. The predicted molar refractivity (Wildman–Crippen MR) is 245 cm³/mol. The average Bonchev–Trinajstić information content (AvgIpc) is 3.87. The molecule has 69 heavy (non-hydrogen) atoms. The lowest BCUT2D eigenvalue weighted by molar-refractivity contribution is -0.307. The summed E-state index contributed by atoms with van der Waals surface area (Å²) >= 11 is 0. The lowest BCUT2D eigenvalue weighted by Crippen LogP contribution is -2.63. The van der Waals surface area contributed by atoms with Gasteiger partial charge in [-0.25, -0.2) is 4.68 Å². The van der Waals surface area contributed by atoms with Gasteiger partial charge in [0.2, 0.25) is 0 Å². The minimum absolute atomic E-state index is 0.0433. The van der Waals surface area contributed by atoms with Gasteiger partial charge in [0.1, 0.15) is 36.4 Å². The minimum atomic E-state index is -1.37. The van der Waals surface area contributed by atoms with Gasteiger partial charge in [-0.3, -0.25) is 24.0 Å². The highest BCUT2D eigenvalue weighted by molar-refractivity contribution is 6.02. The van der Waals surface area contributed by atoms with Crippen molar-refractivity contribution in [1.29, 1.82) is 0 Å². The first-order chi connectivity index (χ1) is 33.4. The Morgan fingerprint density at radius 3 is 1.91 bits per heavy atom. The summed E-state index contributed by atoms with van der Waals surface area (Å²) in [5.74, 6) is -1.21. The molecule has 5 atom stereocenters. The van der Waals surface area contributed by atoms with E-state index in [2.05, 4.69) is 38.3 Å². The lowest BCUT2D eigenvalue weighted by Gasteiger charge is -2.48. The maximum Gasteiger partial charge on any atom is 0.303 e. The first kappa shape index (κ1) is 44.9. The van der Waals surface area contributed by atoms with Crippen molar-refractivity contribution < 1.29 is 57.1 Å². The van der Waals surface area contributed by atoms with Gasteiger partial charge in [-0.2, -0.15) is 0 Å². The number of hydrogen-bond acceptors (Lipinski definition) is 16. The van der Waals surface area contributed by atoms with Gasteiger partial charge >= 0.3 is 23.9 Å². The van der Waals surface area contributed by atoms with Gasteiger partial charge < -0.3 is 47.9 Å². The summed E-state index contributed by atoms with van der Waals surface area (Å²) in [6, 6.07) is 12.7. The third kappa shape index (κ3) is 7.66. The standard InChI is InChI=1S/C51H56N6O12/c1-28(58)64-26-41-46(65-29(2)59)47(66-30(3)60)48(67-31(4)61)50(68-41)63-22-17-34-25-56(53-52-34)27-57-49(62)35-13-5-6-16-38(35)51(57)39-23-32-11-7-18-54-20-9-14-36(42(32)54)44(39)69-45-37-15-10-21-55-19-8-12-33(43(37)55)24-40(45)51/h5-6,13,16,23-25,41,46-48,50H,7-12,14-15,17-22,26-27H2,1-4H3/t41?,46-,47+,48?,50-/m0/s1. The molecule has 1 amide bonds. The number of nitrogens with zero attached hydrogens (tertiary/aromatic N) is 6. The van der Waals surface area contributed by atoms with Crippen molar-refractivity contribution in [2.24, 2.45) is 0 Å². The molecule has 11 rings (SSSR count). The van der Waals surface area contributed by atoms with Crippen molar-refractivity contribution in [2.45, 2.75) is 128 Å². The quantitative estimate of drug-likeness (QED) is 0.147. The summed E-state index contributed by atoms with van der Waals surface area (Å²) < 4.78 is 43.3. The highest BCUT2D eigenvalue weighted by Crippen LogP contribution is 2.63. The summed E-state index contributed by atoms with van der Waals surface area (Å²) in [6.45, 7) is 8.42. The number of aryl methyl sites for hydroxylation is 2. The van der Waals surface area contributed by atoms with Gasteiger partial charge in [-0.15, -0.1) is 5.10 Å². The Balaban J connectivity index is 0.945. The van der Waals surface area contributed by atoms with Crippen molar-refractivity contribution in [3.63, 3.8) is 0 Å². The van der Waals surface area contributed by atoms with Crippen molar-refractivity contribution >= 4 is 41.2 Å². The highest BCUT2D eigenvalue weighted by atomic mass is 16.7. The molecule has 0 radical (unpaired) electrons. The number of esters is 4. The first-order valence-corrected chi connectivity index (χ1v) is 24.2. The second kappa shape index (κ2) is 17.8. The molecule has 1 spiro atoms. The Morgan fingerprint density at radius 1 is 0.725 bits per heavy atom. The zero-order chi connectivity index (χ0) is 47.7. The van der Waals surface area contributed by atoms with Crippen LogP contribution >= 0.6 is 0 Å². The molecular weight excluding hydrogens is 889 g/mol. The van der Waals surface area contributed by atoms with E-state index in [1.54, 1.807) is 10.9 Å². The molecule has 8 heterocycles. The number of benzene rings is 3. The molecule has 1 saturated heterocycles. The van der Waals surface area contributed by atoms with Crippen LogP contribution in [0, 0.1) is 0 Å². The lowest BCUT2D eigenvalue weighted by atomic mass is 9.70. The van der Waals surface area contributed by atoms with Crippen LogP contribution in [0.15, 0.2) is 42.6 Å². The molecule has 0 N–H and O–H groups in total. The molecular formula is C51H56N6O12. The Kier molecular flexibility index (Phi) is 11.6. The summed E-state index contributed by atoms with van der Waals surface area (Å²) in [6.07, 6.45) is 3.28. The van der Waals surface area contributed by atoms with E-state index < -0.39 is 60.1 Å². The molecule has 7 aliphatic rings. The van der Waals surface area contributed by atoms with E-state index in [0.717, 1.165) is 120 Å². The number of aromatic nitrogens is 3. The first-order valence-electron chi connectivity index (χ1n) is 24.2. The molecule has 7 aliphatic heterocycles. The van der Waals surface area contributed by atoms with Crippen LogP contribution in [-0.4, -0.2) is 120 Å². The fourth-order valence-electron chi connectivity index (χ4n) is 12.1. The van der Waals surface area contributed by atoms with E-state index in [-0.39, 0.29) is 32.2 Å². The molecule has 362 valence electrons. The smallest absolute Gasteiger partial charge is 0.303 e. The van der Waals surface area contributed by atoms with Crippen LogP contribution < -0.4 is 14.5 Å². The number of carbonyl (C=O) groups is 5. The summed E-state index contributed by atoms with van der Waals surface area (Å²) in [4.78, 5) is 71.2. The van der Waals surface area contributed by atoms with E-state index in [1.165, 1.54) is 47.5 Å². The van der Waals surface area contributed by atoms with Gasteiger partial charge in [0.15, 0.2) is 24.6 Å². The Morgan fingerprint density at radius 2 is 1.30 bits per heavy atom. The van der Waals surface area contributed by atoms with Crippen molar-refractivity contribution in [3.8, 4) is 11.5 Å². The van der Waals surface area contributed by atoms with Gasteiger partial charge in [0.05, 0.1) is 18.5 Å². The summed E-state index contributed by atoms with van der Waals surface area (Å²) in [7, 11) is 0. The number of amides is 1. The topological polar surface area (TPSA) is 190 Å². The van der Waals surface area contributed by atoms with Gasteiger partial charge in [0.25, 0.3) is 5.91 Å². The molecule has 1 fully saturated rings. The number of rotatable bonds is 11. The molecule has 0 saturated carbocycles. The largest absolute Gasteiger partial charge is 0.463 e. The number of hydrogen-bond donors (Lipinski definition) is 0. The van der Waals surface area contributed by atoms with E-state index in [0.29, 0.717) is 11.3 Å². The molecule has 0 aliphatic carbocycles. The molecule has 3 aromatic carbocycles. The van der Waals surface area contributed by atoms with Gasteiger partial charge in [0, 0.05) is 99.5 Å². The molecule has 1 aromatic heterocycles. The summed E-state index contributed by atoms with van der Waals surface area (Å²) in [5.41, 5.74) is 10.7. The monoisotopic (exact) mass is 944 g/mol. The zero-order valence-corrected chi connectivity index (χ0v) is 39.3. The second-order valence-electron chi connectivity index (χ2n) is 19.0. The molecule has 2 unspecified atom stereocenters. The van der Waals surface area contributed by atoms with Crippen LogP contribution in [0.1, 0.15) is 108 Å². The Labute approximate surface area is 399 Å². The van der Waals surface area contributed by atoms with Crippen molar-refractivity contribution in [3.05, 3.63) is 92.8 Å². The van der Waals surface area contributed by atoms with Gasteiger partial charge in [-0.05, 0) is 86.3 Å². The number of anilines is 2. The number of ether oxygens (including phenoxy) is 7. The maximum atomic E-state index is 15.3. The molecule has 18 heteroatoms. The number of carbonyl (C=O) groups excluding carboxylic acids is 5. The van der Waals surface area contributed by atoms with Gasteiger partial charge in [-0.1, -0.05) is 23.4 Å². The van der Waals surface area contributed by atoms with Crippen LogP contribution in [-0.2, 0) is 91.9 Å².